The third kappa shape index (κ3) is 16.0. The van der Waals surface area contributed by atoms with E-state index in [1.54, 1.807) is 73.1 Å². The number of fused-ring (bicyclic) bond motifs is 1. The number of anilines is 1. The summed E-state index contributed by atoms with van der Waals surface area (Å²) >= 11 is 0. The smallest absolute Gasteiger partial charge is 0.261 e. The van der Waals surface area contributed by atoms with Crippen molar-refractivity contribution in [1.82, 2.24) is 4.98 Å². The molecular weight excluding hydrogens is 702 g/mol. The summed E-state index contributed by atoms with van der Waals surface area (Å²) < 4.78 is 27.9. The Labute approximate surface area is 297 Å². The average Bonchev–Trinajstić information content (AvgIpc) is 3.06. The molecule has 0 spiro atoms. The van der Waals surface area contributed by atoms with E-state index in [9.17, 15) is 13.2 Å². The number of pyridine rings is 1. The van der Waals surface area contributed by atoms with Gasteiger partial charge in [0.25, 0.3) is 10.0 Å². The Balaban J connectivity index is -0.000000292. The second-order valence-corrected chi connectivity index (χ2v) is 7.88. The first kappa shape index (κ1) is 49.7. The van der Waals surface area contributed by atoms with Crippen molar-refractivity contribution in [2.45, 2.75) is 88.0 Å². The molecule has 0 aliphatic rings. The van der Waals surface area contributed by atoms with Crippen LogP contribution in [0.4, 0.5) is 5.69 Å². The van der Waals surface area contributed by atoms with Crippen molar-refractivity contribution in [2.75, 3.05) is 4.72 Å². The van der Waals surface area contributed by atoms with Crippen molar-refractivity contribution in [3.05, 3.63) is 110 Å². The molecule has 0 fully saturated rings. The molecule has 1 heterocycles. The number of hydrogen-bond donors (Lipinski definition) is 1. The van der Waals surface area contributed by atoms with E-state index in [1.807, 2.05) is 89.2 Å². The van der Waals surface area contributed by atoms with Crippen LogP contribution in [0, 0.1) is 54.4 Å². The van der Waals surface area contributed by atoms with Crippen molar-refractivity contribution in [3.8, 4) is 0 Å². The van der Waals surface area contributed by atoms with E-state index in [4.69, 9.17) is 0 Å². The van der Waals surface area contributed by atoms with Gasteiger partial charge in [-0.25, -0.2) is 8.42 Å². The van der Waals surface area contributed by atoms with Crippen LogP contribution in [0.1, 0.15) is 99.0 Å². The van der Waals surface area contributed by atoms with Gasteiger partial charge in [0.05, 0.1) is 10.6 Å². The molecule has 0 saturated heterocycles. The van der Waals surface area contributed by atoms with E-state index in [1.165, 1.54) is 12.1 Å². The number of sulfonamides is 1. The number of rotatable bonds is 5. The van der Waals surface area contributed by atoms with Gasteiger partial charge >= 0.3 is 0 Å². The van der Waals surface area contributed by atoms with Crippen LogP contribution in [0.5, 0.6) is 0 Å². The maximum absolute atomic E-state index is 13.2. The minimum Gasteiger partial charge on any atom is -0.358 e. The van der Waals surface area contributed by atoms with Crippen LogP contribution in [-0.4, -0.2) is 19.2 Å². The van der Waals surface area contributed by atoms with Crippen molar-refractivity contribution in [3.63, 3.8) is 0 Å². The largest absolute Gasteiger partial charge is 0.358 e. The minimum atomic E-state index is -3.81. The molecule has 5 nitrogen and oxygen atoms in total. The molecule has 1 N–H and O–H groups in total. The van der Waals surface area contributed by atoms with Crippen LogP contribution in [0.15, 0.2) is 96.2 Å². The second kappa shape index (κ2) is 31.9. The maximum atomic E-state index is 13.2. The second-order valence-electron chi connectivity index (χ2n) is 6.20. The topological polar surface area (TPSA) is 76.1 Å². The van der Waals surface area contributed by atoms with E-state index in [0.717, 1.165) is 10.8 Å². The molecule has 0 atom stereocenters. The molecule has 0 aliphatic carbocycles. The summed E-state index contributed by atoms with van der Waals surface area (Å²) in [7, 11) is -3.81. The maximum Gasteiger partial charge on any atom is 0.261 e. The fraction of sp³-hybridized carbons (Fsp3) is 0.343. The summed E-state index contributed by atoms with van der Waals surface area (Å²) in [5.74, 6) is -0.261. The molecule has 0 aliphatic heterocycles. The van der Waals surface area contributed by atoms with Crippen LogP contribution >= 0.6 is 0 Å². The quantitative estimate of drug-likeness (QED) is 0.163. The molecule has 7 heteroatoms. The van der Waals surface area contributed by atoms with Crippen molar-refractivity contribution in [1.29, 1.82) is 0 Å². The van der Waals surface area contributed by atoms with Crippen molar-refractivity contribution < 1.29 is 60.1 Å². The number of para-hydroxylation sites is 1. The third-order valence-electron chi connectivity index (χ3n) is 4.39. The summed E-state index contributed by atoms with van der Waals surface area (Å²) in [6.45, 7) is 24.0. The molecule has 1 aromatic heterocycles. The Kier molecular flexibility index (Phi) is 37.8. The van der Waals surface area contributed by atoms with Gasteiger partial charge in [0, 0.05) is 75.8 Å². The number of nitrogens with zero attached hydrogens (tertiary/aromatic N) is 1. The SMILES string of the molecule is CC.CC.CC.CC.CC.CC.O=C(c1ccccc1NS(=O)(=O)c1ccccc1)c1cccc2cnccc12.[CH3-].[Yb]. The van der Waals surface area contributed by atoms with E-state index in [-0.39, 0.29) is 76.3 Å². The van der Waals surface area contributed by atoms with E-state index >= 15 is 0 Å². The molecule has 0 amide bonds. The zero-order chi connectivity index (χ0) is 31.6. The Morgan fingerprint density at radius 3 is 1.64 bits per heavy atom. The minimum absolute atomic E-state index is 0. The van der Waals surface area contributed by atoms with Crippen LogP contribution in [0.25, 0.3) is 10.8 Å². The Bertz CT molecular complexity index is 1270. The predicted molar refractivity (Wildman–Crippen MR) is 183 cm³/mol. The van der Waals surface area contributed by atoms with Crippen LogP contribution in [-0.2, 0) is 10.0 Å². The van der Waals surface area contributed by atoms with Gasteiger partial charge in [-0.2, -0.15) is 0 Å². The Morgan fingerprint density at radius 2 is 1.10 bits per heavy atom. The summed E-state index contributed by atoms with van der Waals surface area (Å²) in [6, 6.07) is 21.8. The molecule has 244 valence electrons. The summed E-state index contributed by atoms with van der Waals surface area (Å²) in [6.07, 6.45) is 3.32. The number of carbonyl (C=O) groups excluding carboxylic acids is 1. The van der Waals surface area contributed by atoms with Crippen LogP contribution in [0.3, 0.4) is 0 Å². The molecule has 4 aromatic rings. The van der Waals surface area contributed by atoms with Gasteiger partial charge in [-0.05, 0) is 35.7 Å². The van der Waals surface area contributed by atoms with Crippen LogP contribution < -0.4 is 4.72 Å². The zero-order valence-electron chi connectivity index (χ0n) is 28.0. The van der Waals surface area contributed by atoms with E-state index in [2.05, 4.69) is 9.71 Å². The number of aromatic nitrogens is 1. The molecule has 0 radical (unpaired) electrons. The Hall–Kier alpha value is -1.99. The van der Waals surface area contributed by atoms with Crippen molar-refractivity contribution >= 4 is 32.3 Å². The van der Waals surface area contributed by atoms with E-state index in [0.29, 0.717) is 5.56 Å². The normalized spacial score (nSPS) is 8.38. The fourth-order valence-corrected chi connectivity index (χ4v) is 4.14. The van der Waals surface area contributed by atoms with Gasteiger partial charge < -0.3 is 7.43 Å². The zero-order valence-corrected chi connectivity index (χ0v) is 30.5. The molecule has 3 aromatic carbocycles. The van der Waals surface area contributed by atoms with Gasteiger partial charge in [-0.1, -0.05) is 132 Å². The first-order valence-corrected chi connectivity index (χ1v) is 16.1. The number of carbonyl (C=O) groups is 1. The first-order valence-electron chi connectivity index (χ1n) is 14.6. The van der Waals surface area contributed by atoms with Gasteiger partial charge in [0.2, 0.25) is 0 Å². The summed E-state index contributed by atoms with van der Waals surface area (Å²) in [5, 5.41) is 1.61. The van der Waals surface area contributed by atoms with Gasteiger partial charge in [0.1, 0.15) is 0 Å². The van der Waals surface area contributed by atoms with Crippen molar-refractivity contribution in [2.24, 2.45) is 0 Å². The molecule has 4 rings (SSSR count). The van der Waals surface area contributed by atoms with Crippen LogP contribution in [0.2, 0.25) is 0 Å². The third-order valence-corrected chi connectivity index (χ3v) is 5.78. The first-order chi connectivity index (χ1) is 19.6. The van der Waals surface area contributed by atoms with Gasteiger partial charge in [0.15, 0.2) is 5.78 Å². The monoisotopic (exact) mass is 757 g/mol. The standard InChI is InChI=1S/C22H16N2O3S.6C2H6.CH3.Yb/c25-22(19-11-6-7-16-15-23-14-13-18(16)19)20-10-4-5-12-21(20)24-28(26,27)17-8-2-1-3-9-17;6*1-2;;/h1-15,24H;6*1-2H3;1H3;/q;;;;;;;-1;. The number of nitrogens with one attached hydrogen (secondary N) is 1. The average molecular weight is 757 g/mol. The number of ketones is 1. The van der Waals surface area contributed by atoms with Gasteiger partial charge in [-0.15, -0.1) is 0 Å². The fourth-order valence-electron chi connectivity index (χ4n) is 3.04. The summed E-state index contributed by atoms with van der Waals surface area (Å²) in [4.78, 5) is 17.5. The summed E-state index contributed by atoms with van der Waals surface area (Å²) in [5.41, 5.74) is 1.01. The van der Waals surface area contributed by atoms with Gasteiger partial charge in [-0.3, -0.25) is 14.5 Å². The van der Waals surface area contributed by atoms with E-state index < -0.39 is 10.0 Å². The molecule has 0 saturated carbocycles. The Morgan fingerprint density at radius 1 is 0.619 bits per heavy atom. The molecule has 42 heavy (non-hydrogen) atoms. The number of benzene rings is 3. The molecule has 0 bridgehead atoms. The molecular formula is C35H55N2O3SYb-. The molecule has 0 unspecified atom stereocenters. The number of hydrogen-bond acceptors (Lipinski definition) is 4. The predicted octanol–water partition coefficient (Wildman–Crippen LogP) is 10.9.